The van der Waals surface area contributed by atoms with Gasteiger partial charge in [0.25, 0.3) is 5.56 Å². The molecule has 1 atom stereocenters. The number of ether oxygens (including phenoxy) is 4. The number of hydrogen-bond donors (Lipinski definition) is 0. The molecule has 5 aromatic rings. The number of carbonyl (C=O) groups excluding carboxylic acids is 1. The van der Waals surface area contributed by atoms with Crippen LogP contribution in [-0.2, 0) is 16.1 Å². The number of rotatable bonds is 10. The minimum Gasteiger partial charge on any atom is -0.490 e. The average Bonchev–Trinajstić information content (AvgIpc) is 3.39. The Morgan fingerprint density at radius 2 is 1.77 bits per heavy atom. The first-order chi connectivity index (χ1) is 22.8. The van der Waals surface area contributed by atoms with E-state index in [2.05, 4.69) is 39.1 Å². The zero-order valence-electron chi connectivity index (χ0n) is 25.8. The molecule has 2 heterocycles. The van der Waals surface area contributed by atoms with Crippen molar-refractivity contribution in [2.45, 2.75) is 26.5 Å². The summed E-state index contributed by atoms with van der Waals surface area (Å²) in [7, 11) is 1.30. The number of nitrogens with zero attached hydrogens (tertiary/aromatic N) is 2. The summed E-state index contributed by atoms with van der Waals surface area (Å²) in [4.78, 5) is 32.1. The summed E-state index contributed by atoms with van der Waals surface area (Å²) in [6.07, 6.45) is 3.19. The standard InChI is InChI=1S/C36H30BrClN2O6S/c1-4-44-29-14-13-22(16-30(29)45-5-2)32-27(35(42)43-3)19-39-36-40(32)34(41)31(47-36)17-24-15-25(38)18-28(37)33(24)46-20-23-11-8-10-21-9-6-7-12-26(21)23/h6-19,32H,4-5,20H2,1-3H3/b31-17+/t32-/m0/s1. The molecule has 1 aromatic heterocycles. The predicted octanol–water partition coefficient (Wildman–Crippen LogP) is 6.96. The van der Waals surface area contributed by atoms with Crippen LogP contribution in [0.2, 0.25) is 5.02 Å². The van der Waals surface area contributed by atoms with Crippen LogP contribution >= 0.6 is 38.9 Å². The lowest BCUT2D eigenvalue weighted by Crippen LogP contribution is -2.39. The molecule has 1 aliphatic rings. The molecule has 0 amide bonds. The number of hydrogen-bond acceptors (Lipinski definition) is 8. The highest BCUT2D eigenvalue weighted by Gasteiger charge is 2.31. The molecule has 0 unspecified atom stereocenters. The minimum atomic E-state index is -0.816. The topological polar surface area (TPSA) is 88.4 Å². The molecule has 0 saturated carbocycles. The molecule has 11 heteroatoms. The van der Waals surface area contributed by atoms with E-state index in [-0.39, 0.29) is 11.1 Å². The van der Waals surface area contributed by atoms with Gasteiger partial charge in [-0.1, -0.05) is 71.5 Å². The summed E-state index contributed by atoms with van der Waals surface area (Å²) >= 11 is 11.3. The maximum Gasteiger partial charge on any atom is 0.337 e. The molecule has 0 spiro atoms. The first-order valence-electron chi connectivity index (χ1n) is 14.9. The smallest absolute Gasteiger partial charge is 0.337 e. The third kappa shape index (κ3) is 6.58. The van der Waals surface area contributed by atoms with Gasteiger partial charge in [0.15, 0.2) is 16.3 Å². The van der Waals surface area contributed by atoms with Gasteiger partial charge in [0.2, 0.25) is 0 Å². The van der Waals surface area contributed by atoms with E-state index in [9.17, 15) is 9.59 Å². The van der Waals surface area contributed by atoms with Crippen LogP contribution in [0.4, 0.5) is 0 Å². The lowest BCUT2D eigenvalue weighted by atomic mass is 9.97. The Morgan fingerprint density at radius 3 is 2.55 bits per heavy atom. The molecule has 0 radical (unpaired) electrons. The Hall–Kier alpha value is -4.38. The molecule has 0 fully saturated rings. The lowest BCUT2D eigenvalue weighted by Gasteiger charge is -2.23. The van der Waals surface area contributed by atoms with Gasteiger partial charge in [-0.3, -0.25) is 9.36 Å². The number of aromatic nitrogens is 1. The van der Waals surface area contributed by atoms with Gasteiger partial charge in [0, 0.05) is 16.8 Å². The third-order valence-corrected chi connectivity index (χ3v) is 9.39. The molecule has 8 nitrogen and oxygen atoms in total. The van der Waals surface area contributed by atoms with Crippen LogP contribution in [0.3, 0.4) is 0 Å². The van der Waals surface area contributed by atoms with Crippen molar-refractivity contribution in [1.29, 1.82) is 0 Å². The lowest BCUT2D eigenvalue weighted by molar-refractivity contribution is -0.136. The molecule has 4 aromatic carbocycles. The van der Waals surface area contributed by atoms with E-state index < -0.39 is 12.0 Å². The largest absolute Gasteiger partial charge is 0.490 e. The van der Waals surface area contributed by atoms with Gasteiger partial charge in [-0.2, -0.15) is 0 Å². The van der Waals surface area contributed by atoms with E-state index in [0.717, 1.165) is 16.3 Å². The first-order valence-corrected chi connectivity index (χ1v) is 16.9. The Kier molecular flexibility index (Phi) is 9.81. The van der Waals surface area contributed by atoms with Crippen LogP contribution in [-0.4, -0.2) is 30.9 Å². The van der Waals surface area contributed by atoms with Crippen LogP contribution in [0.5, 0.6) is 17.2 Å². The Morgan fingerprint density at radius 1 is 1.00 bits per heavy atom. The number of fused-ring (bicyclic) bond motifs is 2. The molecular weight excluding hydrogens is 704 g/mol. The zero-order valence-corrected chi connectivity index (χ0v) is 28.9. The second kappa shape index (κ2) is 14.2. The number of methoxy groups -OCH3 is 1. The number of esters is 1. The van der Waals surface area contributed by atoms with Gasteiger partial charge < -0.3 is 18.9 Å². The maximum atomic E-state index is 14.2. The highest BCUT2D eigenvalue weighted by atomic mass is 79.9. The van der Waals surface area contributed by atoms with Gasteiger partial charge in [0.1, 0.15) is 12.4 Å². The molecule has 0 saturated heterocycles. The van der Waals surface area contributed by atoms with Crippen molar-refractivity contribution < 1.29 is 23.7 Å². The van der Waals surface area contributed by atoms with E-state index in [4.69, 9.17) is 30.5 Å². The van der Waals surface area contributed by atoms with E-state index in [1.807, 2.05) is 44.2 Å². The van der Waals surface area contributed by atoms with Crippen molar-refractivity contribution in [2.24, 2.45) is 4.99 Å². The van der Waals surface area contributed by atoms with Crippen LogP contribution in [0, 0.1) is 0 Å². The summed E-state index contributed by atoms with van der Waals surface area (Å²) < 4.78 is 25.6. The fraction of sp³-hybridized carbons (Fsp3) is 0.194. The number of thiazole rings is 1. The van der Waals surface area contributed by atoms with Crippen molar-refractivity contribution in [3.05, 3.63) is 130 Å². The van der Waals surface area contributed by atoms with Gasteiger partial charge in [-0.25, -0.2) is 9.79 Å². The average molecular weight is 734 g/mol. The van der Waals surface area contributed by atoms with E-state index >= 15 is 0 Å². The third-order valence-electron chi connectivity index (χ3n) is 7.58. The summed E-state index contributed by atoms with van der Waals surface area (Å²) in [6, 6.07) is 22.3. The molecule has 1 aliphatic heterocycles. The van der Waals surface area contributed by atoms with Gasteiger partial charge >= 0.3 is 5.97 Å². The summed E-state index contributed by atoms with van der Waals surface area (Å²) in [6.45, 7) is 4.92. The molecule has 0 N–H and O–H groups in total. The van der Waals surface area contributed by atoms with Gasteiger partial charge in [0.05, 0.1) is 40.9 Å². The van der Waals surface area contributed by atoms with Gasteiger partial charge in [-0.15, -0.1) is 0 Å². The first kappa shape index (κ1) is 32.6. The monoisotopic (exact) mass is 732 g/mol. The second-order valence-electron chi connectivity index (χ2n) is 10.5. The summed E-state index contributed by atoms with van der Waals surface area (Å²) in [5.74, 6) is 1.01. The molecular formula is C36H30BrClN2O6S. The zero-order chi connectivity index (χ0) is 33.1. The molecule has 0 bridgehead atoms. The SMILES string of the molecule is CCOc1ccc([C@H]2C(C(=O)OC)=CN=c3s/c(=C/c4cc(Cl)cc(Br)c4OCc4cccc5ccccc45)c(=O)n32)cc1OCC. The number of halogens is 2. The predicted molar refractivity (Wildman–Crippen MR) is 187 cm³/mol. The fourth-order valence-electron chi connectivity index (χ4n) is 5.54. The molecule has 47 heavy (non-hydrogen) atoms. The highest BCUT2D eigenvalue weighted by molar-refractivity contribution is 9.10. The Bertz CT molecular complexity index is 2200. The van der Waals surface area contributed by atoms with Crippen molar-refractivity contribution in [1.82, 2.24) is 4.57 Å². The van der Waals surface area contributed by atoms with E-state index in [1.165, 1.54) is 29.2 Å². The van der Waals surface area contributed by atoms with Crippen LogP contribution < -0.4 is 29.1 Å². The van der Waals surface area contributed by atoms with E-state index in [1.54, 1.807) is 30.3 Å². The van der Waals surface area contributed by atoms with Crippen molar-refractivity contribution in [2.75, 3.05) is 20.3 Å². The second-order valence-corrected chi connectivity index (χ2v) is 12.8. The van der Waals surface area contributed by atoms with Crippen LogP contribution in [0.25, 0.3) is 16.8 Å². The molecule has 240 valence electrons. The number of carbonyl (C=O) groups is 1. The Balaban J connectivity index is 1.45. The van der Waals surface area contributed by atoms with Crippen molar-refractivity contribution in [3.63, 3.8) is 0 Å². The Labute approximate surface area is 288 Å². The van der Waals surface area contributed by atoms with Crippen molar-refractivity contribution >= 4 is 61.7 Å². The van der Waals surface area contributed by atoms with E-state index in [0.29, 0.717) is 67.0 Å². The highest BCUT2D eigenvalue weighted by Crippen LogP contribution is 2.36. The quantitative estimate of drug-likeness (QED) is 0.144. The molecule has 0 aliphatic carbocycles. The van der Waals surface area contributed by atoms with Crippen LogP contribution in [0.1, 0.15) is 36.6 Å². The van der Waals surface area contributed by atoms with Gasteiger partial charge in [-0.05, 0) is 82.0 Å². The number of benzene rings is 4. The summed E-state index contributed by atoms with van der Waals surface area (Å²) in [5, 5.41) is 2.68. The fourth-order valence-corrected chi connectivity index (χ4v) is 7.45. The summed E-state index contributed by atoms with van der Waals surface area (Å²) in [5.41, 5.74) is 2.14. The minimum absolute atomic E-state index is 0.211. The maximum absolute atomic E-state index is 14.2. The molecule has 6 rings (SSSR count). The van der Waals surface area contributed by atoms with Crippen LogP contribution in [0.15, 0.2) is 98.8 Å². The van der Waals surface area contributed by atoms with Crippen molar-refractivity contribution in [3.8, 4) is 17.2 Å². The normalized spacial score (nSPS) is 14.3.